The topological polar surface area (TPSA) is 66.1 Å². The monoisotopic (exact) mass is 361 g/mol. The lowest BCUT2D eigenvalue weighted by molar-refractivity contribution is -0.132. The van der Waals surface area contributed by atoms with Gasteiger partial charge in [-0.15, -0.1) is 0 Å². The van der Waals surface area contributed by atoms with Gasteiger partial charge < -0.3 is 9.88 Å². The SMILES string of the molecule is O=C(CCCc1nc2ccccc2c(=O)[nH]1)N1CCCC1c1ccccc1. The minimum absolute atomic E-state index is 0.120. The Morgan fingerprint density at radius 2 is 1.89 bits per heavy atom. The zero-order chi connectivity index (χ0) is 18.6. The second-order valence-electron chi connectivity index (χ2n) is 7.04. The maximum atomic E-state index is 12.7. The number of aryl methyl sites for hydroxylation is 1. The Morgan fingerprint density at radius 3 is 2.74 bits per heavy atom. The van der Waals surface area contributed by atoms with Crippen LogP contribution in [-0.4, -0.2) is 27.3 Å². The molecule has 1 atom stereocenters. The number of H-pyrrole nitrogens is 1. The lowest BCUT2D eigenvalue weighted by atomic mass is 10.0. The summed E-state index contributed by atoms with van der Waals surface area (Å²) in [6.07, 6.45) is 3.81. The quantitative estimate of drug-likeness (QED) is 0.755. The van der Waals surface area contributed by atoms with Crippen molar-refractivity contribution in [3.8, 4) is 0 Å². The maximum absolute atomic E-state index is 12.7. The molecule has 1 unspecified atom stereocenters. The standard InChI is InChI=1S/C22H23N3O2/c26-21(25-15-7-12-19(25)16-8-2-1-3-9-16)14-6-13-20-23-18-11-5-4-10-17(18)22(27)24-20/h1-5,8-11,19H,6-7,12-15H2,(H,23,24,27). The number of rotatable bonds is 5. The number of carbonyl (C=O) groups is 1. The van der Waals surface area contributed by atoms with Gasteiger partial charge >= 0.3 is 0 Å². The van der Waals surface area contributed by atoms with E-state index in [-0.39, 0.29) is 17.5 Å². The Hall–Kier alpha value is -2.95. The number of nitrogens with zero attached hydrogens (tertiary/aromatic N) is 2. The van der Waals surface area contributed by atoms with E-state index >= 15 is 0 Å². The van der Waals surface area contributed by atoms with E-state index in [0.29, 0.717) is 36.0 Å². The van der Waals surface area contributed by atoms with Crippen LogP contribution in [0.4, 0.5) is 0 Å². The zero-order valence-corrected chi connectivity index (χ0v) is 15.2. The van der Waals surface area contributed by atoms with Gasteiger partial charge in [0.25, 0.3) is 5.56 Å². The van der Waals surface area contributed by atoms with E-state index in [9.17, 15) is 9.59 Å². The Balaban J connectivity index is 1.39. The number of benzene rings is 2. The van der Waals surface area contributed by atoms with Crippen LogP contribution in [0.2, 0.25) is 0 Å². The summed E-state index contributed by atoms with van der Waals surface area (Å²) < 4.78 is 0. The van der Waals surface area contributed by atoms with Crippen molar-refractivity contribution < 1.29 is 4.79 Å². The minimum Gasteiger partial charge on any atom is -0.336 e. The van der Waals surface area contributed by atoms with Crippen LogP contribution in [0.25, 0.3) is 10.9 Å². The smallest absolute Gasteiger partial charge is 0.258 e. The van der Waals surface area contributed by atoms with Crippen LogP contribution in [0.5, 0.6) is 0 Å². The highest BCUT2D eigenvalue weighted by atomic mass is 16.2. The van der Waals surface area contributed by atoms with Gasteiger partial charge in [0.1, 0.15) is 5.82 Å². The number of carbonyl (C=O) groups excluding carboxylic acids is 1. The Morgan fingerprint density at radius 1 is 1.11 bits per heavy atom. The van der Waals surface area contributed by atoms with Gasteiger partial charge in [-0.05, 0) is 37.0 Å². The predicted molar refractivity (Wildman–Crippen MR) is 105 cm³/mol. The molecule has 5 heteroatoms. The summed E-state index contributed by atoms with van der Waals surface area (Å²) in [5, 5.41) is 0.597. The molecule has 1 aliphatic rings. The minimum atomic E-state index is -0.120. The number of hydrogen-bond acceptors (Lipinski definition) is 3. The Kier molecular flexibility index (Phi) is 5.01. The van der Waals surface area contributed by atoms with Gasteiger partial charge in [0.05, 0.1) is 16.9 Å². The van der Waals surface area contributed by atoms with E-state index in [0.717, 1.165) is 19.4 Å². The molecule has 0 aliphatic carbocycles. The highest BCUT2D eigenvalue weighted by Gasteiger charge is 2.29. The number of hydrogen-bond donors (Lipinski definition) is 1. The number of aromatic amines is 1. The third kappa shape index (κ3) is 3.77. The molecule has 1 aliphatic heterocycles. The highest BCUT2D eigenvalue weighted by Crippen LogP contribution is 2.32. The number of nitrogens with one attached hydrogen (secondary N) is 1. The van der Waals surface area contributed by atoms with Crippen molar-refractivity contribution in [3.63, 3.8) is 0 Å². The van der Waals surface area contributed by atoms with Gasteiger partial charge in [0, 0.05) is 19.4 Å². The first-order valence-corrected chi connectivity index (χ1v) is 9.55. The summed E-state index contributed by atoms with van der Waals surface area (Å²) in [5.74, 6) is 0.831. The van der Waals surface area contributed by atoms with Crippen LogP contribution < -0.4 is 5.56 Å². The molecule has 1 fully saturated rings. The number of amides is 1. The molecule has 27 heavy (non-hydrogen) atoms. The van der Waals surface area contributed by atoms with Gasteiger partial charge in [-0.2, -0.15) is 0 Å². The highest BCUT2D eigenvalue weighted by molar-refractivity contribution is 5.77. The third-order valence-electron chi connectivity index (χ3n) is 5.22. The van der Waals surface area contributed by atoms with E-state index in [2.05, 4.69) is 22.1 Å². The second-order valence-corrected chi connectivity index (χ2v) is 7.04. The van der Waals surface area contributed by atoms with E-state index in [1.54, 1.807) is 6.07 Å². The molecule has 1 saturated heterocycles. The second kappa shape index (κ2) is 7.74. The van der Waals surface area contributed by atoms with Gasteiger partial charge in [-0.25, -0.2) is 4.98 Å². The molecule has 2 heterocycles. The predicted octanol–water partition coefficient (Wildman–Crippen LogP) is 3.61. The van der Waals surface area contributed by atoms with Crippen LogP contribution >= 0.6 is 0 Å². The molecule has 4 rings (SSSR count). The Labute approximate surface area is 158 Å². The molecule has 0 spiro atoms. The van der Waals surface area contributed by atoms with Crippen LogP contribution in [0, 0.1) is 0 Å². The summed E-state index contributed by atoms with van der Waals surface area (Å²) in [7, 11) is 0. The van der Waals surface area contributed by atoms with E-state index in [4.69, 9.17) is 0 Å². The van der Waals surface area contributed by atoms with E-state index < -0.39 is 0 Å². The van der Waals surface area contributed by atoms with Crippen molar-refractivity contribution in [1.82, 2.24) is 14.9 Å². The molecule has 5 nitrogen and oxygen atoms in total. The van der Waals surface area contributed by atoms with Crippen LogP contribution in [0.3, 0.4) is 0 Å². The van der Waals surface area contributed by atoms with Gasteiger partial charge in [-0.3, -0.25) is 9.59 Å². The fraction of sp³-hybridized carbons (Fsp3) is 0.318. The molecule has 3 aromatic rings. The number of fused-ring (bicyclic) bond motifs is 1. The average Bonchev–Trinajstić information content (AvgIpc) is 3.19. The summed E-state index contributed by atoms with van der Waals surface area (Å²) in [6.45, 7) is 0.823. The van der Waals surface area contributed by atoms with Gasteiger partial charge in [0.15, 0.2) is 0 Å². The summed E-state index contributed by atoms with van der Waals surface area (Å²) in [5.41, 5.74) is 1.79. The fourth-order valence-electron chi connectivity index (χ4n) is 3.89. The molecule has 138 valence electrons. The zero-order valence-electron chi connectivity index (χ0n) is 15.2. The Bertz CT molecular complexity index is 997. The van der Waals surface area contributed by atoms with Gasteiger partial charge in [0.2, 0.25) is 5.91 Å². The molecule has 1 amide bonds. The summed E-state index contributed by atoms with van der Waals surface area (Å²) in [4.78, 5) is 34.2. The number of para-hydroxylation sites is 1. The van der Waals surface area contributed by atoms with Crippen molar-refractivity contribution >= 4 is 16.8 Å². The lowest BCUT2D eigenvalue weighted by Crippen LogP contribution is -2.30. The maximum Gasteiger partial charge on any atom is 0.258 e. The molecule has 1 aromatic heterocycles. The first kappa shape index (κ1) is 17.5. The third-order valence-corrected chi connectivity index (χ3v) is 5.22. The van der Waals surface area contributed by atoms with Crippen molar-refractivity contribution in [3.05, 3.63) is 76.3 Å². The van der Waals surface area contributed by atoms with Crippen LogP contribution in [0.15, 0.2) is 59.4 Å². The largest absolute Gasteiger partial charge is 0.336 e. The number of likely N-dealkylation sites (tertiary alicyclic amines) is 1. The van der Waals surface area contributed by atoms with E-state index in [1.165, 1.54) is 5.56 Å². The molecule has 2 aromatic carbocycles. The van der Waals surface area contributed by atoms with Crippen LogP contribution in [-0.2, 0) is 11.2 Å². The molecule has 0 saturated carbocycles. The summed E-state index contributed by atoms with van der Waals surface area (Å²) in [6, 6.07) is 17.8. The molecule has 1 N–H and O–H groups in total. The first-order chi connectivity index (χ1) is 13.2. The molecule has 0 bridgehead atoms. The number of aromatic nitrogens is 2. The molecule has 0 radical (unpaired) electrons. The lowest BCUT2D eigenvalue weighted by Gasteiger charge is -2.25. The van der Waals surface area contributed by atoms with Gasteiger partial charge in [-0.1, -0.05) is 42.5 Å². The fourth-order valence-corrected chi connectivity index (χ4v) is 3.89. The van der Waals surface area contributed by atoms with Crippen molar-refractivity contribution in [2.75, 3.05) is 6.54 Å². The first-order valence-electron chi connectivity index (χ1n) is 9.55. The molecular formula is C22H23N3O2. The average molecular weight is 361 g/mol. The summed E-state index contributed by atoms with van der Waals surface area (Å²) >= 11 is 0. The van der Waals surface area contributed by atoms with Crippen molar-refractivity contribution in [1.29, 1.82) is 0 Å². The van der Waals surface area contributed by atoms with Crippen LogP contribution in [0.1, 0.15) is 43.1 Å². The molecular weight excluding hydrogens is 338 g/mol. The van der Waals surface area contributed by atoms with E-state index in [1.807, 2.05) is 41.3 Å². The van der Waals surface area contributed by atoms with Crippen molar-refractivity contribution in [2.24, 2.45) is 0 Å². The van der Waals surface area contributed by atoms with Crippen molar-refractivity contribution in [2.45, 2.75) is 38.1 Å². The normalized spacial score (nSPS) is 16.7.